The Hall–Kier alpha value is -6.38. The number of benzene rings is 6. The van der Waals surface area contributed by atoms with E-state index in [1.165, 1.54) is 0 Å². The summed E-state index contributed by atoms with van der Waals surface area (Å²) in [5.74, 6) is 1.82. The molecule has 0 spiro atoms. The van der Waals surface area contributed by atoms with Crippen LogP contribution in [-0.4, -0.2) is 15.0 Å². The quantitative estimate of drug-likeness (QED) is 0.187. The number of nitrogens with zero attached hydrogens (tertiary/aromatic N) is 4. The maximum atomic E-state index is 7.30. The van der Waals surface area contributed by atoms with Gasteiger partial charge in [0.2, 0.25) is 0 Å². The van der Waals surface area contributed by atoms with Gasteiger partial charge in [-0.05, 0) is 41.3 Å². The largest absolute Gasteiger partial charge is 0.455 e. The van der Waals surface area contributed by atoms with Crippen molar-refractivity contribution in [3.05, 3.63) is 157 Å². The predicted molar refractivity (Wildman–Crippen MR) is 185 cm³/mol. The van der Waals surface area contributed by atoms with Crippen LogP contribution in [0.5, 0.6) is 0 Å². The molecule has 5 nitrogen and oxygen atoms in total. The number of aryl methyl sites for hydroxylation is 1. The fourth-order valence-corrected chi connectivity index (χ4v) is 6.02. The van der Waals surface area contributed by atoms with Gasteiger partial charge >= 0.3 is 0 Å². The zero-order chi connectivity index (χ0) is 31.0. The zero-order valence-electron chi connectivity index (χ0n) is 25.0. The Kier molecular flexibility index (Phi) is 6.67. The van der Waals surface area contributed by atoms with E-state index in [-0.39, 0.29) is 0 Å². The summed E-state index contributed by atoms with van der Waals surface area (Å²) in [4.78, 5) is 18.4. The van der Waals surface area contributed by atoms with Crippen molar-refractivity contribution in [2.75, 3.05) is 0 Å². The van der Waals surface area contributed by atoms with Crippen LogP contribution in [0, 0.1) is 13.5 Å². The summed E-state index contributed by atoms with van der Waals surface area (Å²) >= 11 is 0. The topological polar surface area (TPSA) is 56.2 Å². The van der Waals surface area contributed by atoms with E-state index in [4.69, 9.17) is 25.9 Å². The molecular weight excluding hydrogens is 564 g/mol. The van der Waals surface area contributed by atoms with E-state index >= 15 is 0 Å². The first-order valence-corrected chi connectivity index (χ1v) is 15.1. The van der Waals surface area contributed by atoms with E-state index in [9.17, 15) is 0 Å². The minimum atomic E-state index is 0.590. The van der Waals surface area contributed by atoms with Crippen molar-refractivity contribution < 1.29 is 4.42 Å². The Morgan fingerprint density at radius 3 is 1.80 bits per heavy atom. The molecule has 6 aromatic carbocycles. The zero-order valence-corrected chi connectivity index (χ0v) is 25.0. The average molecular weight is 591 g/mol. The van der Waals surface area contributed by atoms with Crippen LogP contribution in [0.15, 0.2) is 144 Å². The number of hydrogen-bond donors (Lipinski definition) is 0. The molecule has 0 amide bonds. The summed E-state index contributed by atoms with van der Waals surface area (Å²) in [6.45, 7) is 9.40. The third kappa shape index (κ3) is 4.89. The lowest BCUT2D eigenvalue weighted by Gasteiger charge is -2.10. The molecule has 0 saturated heterocycles. The first kappa shape index (κ1) is 27.2. The van der Waals surface area contributed by atoms with E-state index in [0.29, 0.717) is 23.2 Å². The molecule has 2 aromatic heterocycles. The molecule has 8 aromatic rings. The fraction of sp³-hybridized carbons (Fsp3) is 0.0244. The van der Waals surface area contributed by atoms with Crippen molar-refractivity contribution in [1.82, 2.24) is 15.0 Å². The second-order valence-corrected chi connectivity index (χ2v) is 11.2. The third-order valence-corrected chi connectivity index (χ3v) is 8.18. The first-order chi connectivity index (χ1) is 22.6. The van der Waals surface area contributed by atoms with Crippen molar-refractivity contribution in [1.29, 1.82) is 0 Å². The van der Waals surface area contributed by atoms with Gasteiger partial charge in [-0.25, -0.2) is 19.8 Å². The molecule has 0 N–H and O–H groups in total. The number of rotatable bonds is 5. The van der Waals surface area contributed by atoms with Gasteiger partial charge in [0.15, 0.2) is 23.2 Å². The van der Waals surface area contributed by atoms with Crippen LogP contribution in [0.25, 0.3) is 83.2 Å². The van der Waals surface area contributed by atoms with Gasteiger partial charge in [0.25, 0.3) is 0 Å². The van der Waals surface area contributed by atoms with E-state index in [1.54, 1.807) is 0 Å². The van der Waals surface area contributed by atoms with E-state index in [1.807, 2.05) is 97.1 Å². The summed E-state index contributed by atoms with van der Waals surface area (Å²) in [5.41, 5.74) is 10.3. The Morgan fingerprint density at radius 2 is 1.13 bits per heavy atom. The van der Waals surface area contributed by atoms with Crippen molar-refractivity contribution in [2.24, 2.45) is 0 Å². The minimum absolute atomic E-state index is 0.590. The van der Waals surface area contributed by atoms with Crippen LogP contribution < -0.4 is 0 Å². The summed E-state index contributed by atoms with van der Waals surface area (Å²) in [7, 11) is 0. The number of aromatic nitrogens is 3. The second-order valence-electron chi connectivity index (χ2n) is 11.2. The lowest BCUT2D eigenvalue weighted by Crippen LogP contribution is -2.00. The molecule has 0 fully saturated rings. The van der Waals surface area contributed by atoms with Crippen LogP contribution in [0.4, 0.5) is 5.69 Å². The van der Waals surface area contributed by atoms with Gasteiger partial charge in [0.05, 0.1) is 6.57 Å². The summed E-state index contributed by atoms with van der Waals surface area (Å²) in [6.07, 6.45) is 0. The standard InChI is InChI=1S/C41H26N4O/c1-26-23-30(27-19-21-32(42-2)22-20-27)25-31(24-26)33-15-9-16-34-37-35(17-10-18-36(37)46-38(33)34)41-44-39(28-11-5-3-6-12-28)43-40(45-41)29-13-7-4-8-14-29/h3-25H,1H3. The fourth-order valence-electron chi connectivity index (χ4n) is 6.02. The van der Waals surface area contributed by atoms with Gasteiger partial charge in [-0.2, -0.15) is 0 Å². The van der Waals surface area contributed by atoms with Gasteiger partial charge in [-0.1, -0.05) is 127 Å². The maximum Gasteiger partial charge on any atom is 0.187 e. The van der Waals surface area contributed by atoms with Crippen molar-refractivity contribution >= 4 is 27.6 Å². The minimum Gasteiger partial charge on any atom is -0.455 e. The molecule has 2 heterocycles. The molecule has 0 saturated carbocycles. The normalized spacial score (nSPS) is 11.1. The molecule has 46 heavy (non-hydrogen) atoms. The van der Waals surface area contributed by atoms with Crippen molar-refractivity contribution in [2.45, 2.75) is 6.92 Å². The molecule has 0 aliphatic heterocycles. The summed E-state index contributed by atoms with van der Waals surface area (Å²) in [6, 6.07) is 46.6. The second kappa shape index (κ2) is 11.3. The molecule has 0 radical (unpaired) electrons. The number of fused-ring (bicyclic) bond motifs is 3. The molecular formula is C41H26N4O. The molecule has 0 bridgehead atoms. The highest BCUT2D eigenvalue weighted by molar-refractivity contribution is 6.15. The molecule has 8 rings (SSSR count). The molecule has 0 unspecified atom stereocenters. The Labute approximate surface area is 266 Å². The maximum absolute atomic E-state index is 7.30. The van der Waals surface area contributed by atoms with Gasteiger partial charge in [0, 0.05) is 33.0 Å². The molecule has 0 aliphatic rings. The number of hydrogen-bond acceptors (Lipinski definition) is 4. The lowest BCUT2D eigenvalue weighted by molar-refractivity contribution is 0.670. The predicted octanol–water partition coefficient (Wildman–Crippen LogP) is 11.0. The SMILES string of the molecule is [C-]#[N+]c1ccc(-c2cc(C)cc(-c3cccc4c3oc3cccc(-c5nc(-c6ccccc6)nc(-c6ccccc6)n5)c34)c2)cc1. The van der Waals surface area contributed by atoms with Crippen molar-refractivity contribution in [3.63, 3.8) is 0 Å². The highest BCUT2D eigenvalue weighted by atomic mass is 16.3. The Morgan fingerprint density at radius 1 is 0.522 bits per heavy atom. The highest BCUT2D eigenvalue weighted by Crippen LogP contribution is 2.41. The van der Waals surface area contributed by atoms with E-state index < -0.39 is 0 Å². The van der Waals surface area contributed by atoms with Crippen LogP contribution >= 0.6 is 0 Å². The van der Waals surface area contributed by atoms with Gasteiger partial charge in [-0.3, -0.25) is 0 Å². The summed E-state index contributed by atoms with van der Waals surface area (Å²) in [5, 5.41) is 1.96. The number of para-hydroxylation sites is 1. The van der Waals surface area contributed by atoms with Crippen molar-refractivity contribution in [3.8, 4) is 56.4 Å². The van der Waals surface area contributed by atoms with E-state index in [2.05, 4.69) is 54.2 Å². The first-order valence-electron chi connectivity index (χ1n) is 15.1. The van der Waals surface area contributed by atoms with Gasteiger partial charge < -0.3 is 4.42 Å². The number of furan rings is 1. The molecule has 0 atom stereocenters. The van der Waals surface area contributed by atoms with E-state index in [0.717, 1.165) is 66.4 Å². The third-order valence-electron chi connectivity index (χ3n) is 8.18. The Balaban J connectivity index is 1.32. The molecule has 5 heteroatoms. The lowest BCUT2D eigenvalue weighted by atomic mass is 9.95. The Bertz CT molecular complexity index is 2370. The van der Waals surface area contributed by atoms with Gasteiger partial charge in [-0.15, -0.1) is 0 Å². The van der Waals surface area contributed by atoms with Crippen LogP contribution in [0.1, 0.15) is 5.56 Å². The molecule has 216 valence electrons. The average Bonchev–Trinajstić information content (AvgIpc) is 3.51. The van der Waals surface area contributed by atoms with Crippen LogP contribution in [0.2, 0.25) is 0 Å². The monoisotopic (exact) mass is 590 g/mol. The summed E-state index contributed by atoms with van der Waals surface area (Å²) < 4.78 is 6.64. The smallest absolute Gasteiger partial charge is 0.187 e. The van der Waals surface area contributed by atoms with Crippen LogP contribution in [-0.2, 0) is 0 Å². The molecule has 0 aliphatic carbocycles. The van der Waals surface area contributed by atoms with Gasteiger partial charge in [0.1, 0.15) is 11.2 Å². The highest BCUT2D eigenvalue weighted by Gasteiger charge is 2.19. The van der Waals surface area contributed by atoms with Crippen LogP contribution in [0.3, 0.4) is 0 Å².